The fraction of sp³-hybridized carbons (Fsp3) is 0.211. The van der Waals surface area contributed by atoms with Crippen molar-refractivity contribution in [2.24, 2.45) is 0 Å². The molecule has 5 nitrogen and oxygen atoms in total. The Balaban J connectivity index is 2.04. The van der Waals surface area contributed by atoms with Crippen LogP contribution in [0.25, 0.3) is 11.4 Å². The Labute approximate surface area is 154 Å². The van der Waals surface area contributed by atoms with Crippen LogP contribution in [0.1, 0.15) is 20.8 Å². The number of halogens is 3. The summed E-state index contributed by atoms with van der Waals surface area (Å²) in [6, 6.07) is 8.85. The average molecular weight is 373 g/mol. The van der Waals surface area contributed by atoms with Crippen LogP contribution in [-0.2, 0) is 0 Å². The number of nitrogens with zero attached hydrogens (tertiary/aromatic N) is 3. The fourth-order valence-corrected chi connectivity index (χ4v) is 2.31. The normalized spacial score (nSPS) is 11.3. The molecule has 0 saturated carbocycles. The molecule has 0 saturated heterocycles. The van der Waals surface area contributed by atoms with Gasteiger partial charge in [-0.3, -0.25) is 4.98 Å². The Bertz CT molecular complexity index is 956. The molecule has 2 aromatic heterocycles. The smallest absolute Gasteiger partial charge is 0.225 e. The number of anilines is 3. The summed E-state index contributed by atoms with van der Waals surface area (Å²) in [5.74, 6) is -3.63. The van der Waals surface area contributed by atoms with Gasteiger partial charge in [0.2, 0.25) is 5.95 Å². The zero-order chi connectivity index (χ0) is 19.6. The van der Waals surface area contributed by atoms with Gasteiger partial charge in [-0.15, -0.1) is 0 Å². The highest BCUT2D eigenvalue weighted by Crippen LogP contribution is 2.26. The van der Waals surface area contributed by atoms with Crippen molar-refractivity contribution >= 4 is 17.5 Å². The van der Waals surface area contributed by atoms with Crippen LogP contribution in [0.3, 0.4) is 0 Å². The highest BCUT2D eigenvalue weighted by molar-refractivity contribution is 5.65. The van der Waals surface area contributed by atoms with Crippen molar-refractivity contribution in [3.8, 4) is 11.4 Å². The van der Waals surface area contributed by atoms with Crippen LogP contribution in [0.15, 0.2) is 42.6 Å². The number of aromatic nitrogens is 3. The molecule has 3 aromatic rings. The van der Waals surface area contributed by atoms with E-state index >= 15 is 0 Å². The number of hydrogen-bond acceptors (Lipinski definition) is 5. The van der Waals surface area contributed by atoms with Gasteiger partial charge in [-0.1, -0.05) is 6.07 Å². The van der Waals surface area contributed by atoms with Crippen molar-refractivity contribution in [1.82, 2.24) is 15.0 Å². The van der Waals surface area contributed by atoms with E-state index in [-0.39, 0.29) is 23.0 Å². The van der Waals surface area contributed by atoms with Crippen molar-refractivity contribution < 1.29 is 13.2 Å². The SMILES string of the molecule is CC(C)(C)Nc1nc(Nc2ccc(F)c(F)c2F)cc(-c2ccccn2)n1. The highest BCUT2D eigenvalue weighted by atomic mass is 19.2. The van der Waals surface area contributed by atoms with Crippen molar-refractivity contribution in [2.75, 3.05) is 10.6 Å². The van der Waals surface area contributed by atoms with Gasteiger partial charge >= 0.3 is 0 Å². The molecular formula is C19H18F3N5. The summed E-state index contributed by atoms with van der Waals surface area (Å²) < 4.78 is 40.6. The molecule has 2 N–H and O–H groups in total. The van der Waals surface area contributed by atoms with Gasteiger partial charge in [0.25, 0.3) is 0 Å². The molecular weight excluding hydrogens is 355 g/mol. The molecule has 0 aliphatic heterocycles. The maximum absolute atomic E-state index is 14.0. The lowest BCUT2D eigenvalue weighted by atomic mass is 10.1. The first-order chi connectivity index (χ1) is 12.7. The van der Waals surface area contributed by atoms with Crippen LogP contribution in [0.2, 0.25) is 0 Å². The van der Waals surface area contributed by atoms with Gasteiger partial charge < -0.3 is 10.6 Å². The second kappa shape index (κ2) is 7.22. The quantitative estimate of drug-likeness (QED) is 0.636. The maximum Gasteiger partial charge on any atom is 0.225 e. The minimum atomic E-state index is -1.55. The number of pyridine rings is 1. The van der Waals surface area contributed by atoms with Gasteiger partial charge in [0, 0.05) is 17.8 Å². The van der Waals surface area contributed by atoms with E-state index in [4.69, 9.17) is 0 Å². The molecule has 0 atom stereocenters. The van der Waals surface area contributed by atoms with Gasteiger partial charge in [0.1, 0.15) is 5.82 Å². The first-order valence-electron chi connectivity index (χ1n) is 8.22. The molecule has 0 aliphatic carbocycles. The molecule has 0 aliphatic rings. The molecule has 0 amide bonds. The predicted octanol–water partition coefficient (Wildman–Crippen LogP) is 4.91. The molecule has 140 valence electrons. The number of rotatable bonds is 4. The van der Waals surface area contributed by atoms with E-state index in [0.717, 1.165) is 12.1 Å². The molecule has 0 spiro atoms. The number of nitrogens with one attached hydrogen (secondary N) is 2. The van der Waals surface area contributed by atoms with Crippen LogP contribution in [0, 0.1) is 17.5 Å². The first-order valence-corrected chi connectivity index (χ1v) is 8.22. The topological polar surface area (TPSA) is 62.7 Å². The fourth-order valence-electron chi connectivity index (χ4n) is 2.31. The summed E-state index contributed by atoms with van der Waals surface area (Å²) >= 11 is 0. The molecule has 27 heavy (non-hydrogen) atoms. The number of hydrogen-bond donors (Lipinski definition) is 2. The van der Waals surface area contributed by atoms with Crippen LogP contribution in [0.4, 0.5) is 30.6 Å². The van der Waals surface area contributed by atoms with Gasteiger partial charge in [0.05, 0.1) is 17.1 Å². The van der Waals surface area contributed by atoms with E-state index in [9.17, 15) is 13.2 Å². The van der Waals surface area contributed by atoms with Crippen molar-refractivity contribution in [1.29, 1.82) is 0 Å². The molecule has 2 heterocycles. The Morgan fingerprint density at radius 2 is 1.67 bits per heavy atom. The largest absolute Gasteiger partial charge is 0.350 e. The van der Waals surface area contributed by atoms with E-state index < -0.39 is 17.5 Å². The molecule has 0 unspecified atom stereocenters. The third-order valence-corrected chi connectivity index (χ3v) is 3.44. The third kappa shape index (κ3) is 4.52. The van der Waals surface area contributed by atoms with E-state index in [0.29, 0.717) is 11.4 Å². The summed E-state index contributed by atoms with van der Waals surface area (Å²) in [6.07, 6.45) is 1.62. The van der Waals surface area contributed by atoms with E-state index in [1.807, 2.05) is 26.8 Å². The lowest BCUT2D eigenvalue weighted by Crippen LogP contribution is -2.27. The van der Waals surface area contributed by atoms with E-state index in [2.05, 4.69) is 25.6 Å². The van der Waals surface area contributed by atoms with Gasteiger partial charge in [0.15, 0.2) is 17.5 Å². The second-order valence-corrected chi connectivity index (χ2v) is 6.90. The Morgan fingerprint density at radius 3 is 2.33 bits per heavy atom. The molecule has 3 rings (SSSR count). The first kappa shape index (κ1) is 18.6. The molecule has 0 bridgehead atoms. The maximum atomic E-state index is 14.0. The highest BCUT2D eigenvalue weighted by Gasteiger charge is 2.17. The van der Waals surface area contributed by atoms with Gasteiger partial charge in [-0.25, -0.2) is 18.2 Å². The summed E-state index contributed by atoms with van der Waals surface area (Å²) in [5.41, 5.74) is 0.516. The minimum absolute atomic E-state index is 0.210. The van der Waals surface area contributed by atoms with Gasteiger partial charge in [-0.05, 0) is 45.0 Å². The van der Waals surface area contributed by atoms with Crippen LogP contribution < -0.4 is 10.6 Å². The van der Waals surface area contributed by atoms with E-state index in [1.165, 1.54) is 0 Å². The number of benzene rings is 1. The standard InChI is InChI=1S/C19H18F3N5/c1-19(2,3)27-18-25-14(12-6-4-5-9-23-12)10-15(26-18)24-13-8-7-11(20)16(21)17(13)22/h4-10H,1-3H3,(H2,24,25,26,27). The Morgan fingerprint density at radius 1 is 0.889 bits per heavy atom. The monoisotopic (exact) mass is 373 g/mol. The average Bonchev–Trinajstić information content (AvgIpc) is 2.61. The Kier molecular flexibility index (Phi) is 4.98. The molecule has 0 fully saturated rings. The van der Waals surface area contributed by atoms with E-state index in [1.54, 1.807) is 24.4 Å². The summed E-state index contributed by atoms with van der Waals surface area (Å²) in [6.45, 7) is 5.81. The van der Waals surface area contributed by atoms with Crippen LogP contribution in [-0.4, -0.2) is 20.5 Å². The zero-order valence-electron chi connectivity index (χ0n) is 15.0. The summed E-state index contributed by atoms with van der Waals surface area (Å²) in [5, 5.41) is 5.81. The predicted molar refractivity (Wildman–Crippen MR) is 98.2 cm³/mol. The van der Waals surface area contributed by atoms with Crippen LogP contribution in [0.5, 0.6) is 0 Å². The van der Waals surface area contributed by atoms with Crippen molar-refractivity contribution in [2.45, 2.75) is 26.3 Å². The van der Waals surface area contributed by atoms with Gasteiger partial charge in [-0.2, -0.15) is 4.98 Å². The Hall–Kier alpha value is -3.16. The zero-order valence-corrected chi connectivity index (χ0v) is 15.0. The molecule has 8 heteroatoms. The third-order valence-electron chi connectivity index (χ3n) is 3.44. The van der Waals surface area contributed by atoms with Crippen LogP contribution >= 0.6 is 0 Å². The minimum Gasteiger partial charge on any atom is -0.350 e. The lowest BCUT2D eigenvalue weighted by Gasteiger charge is -2.21. The molecule has 1 aromatic carbocycles. The van der Waals surface area contributed by atoms with Crippen molar-refractivity contribution in [3.05, 3.63) is 60.0 Å². The second-order valence-electron chi connectivity index (χ2n) is 6.90. The summed E-state index contributed by atoms with van der Waals surface area (Å²) in [4.78, 5) is 13.0. The lowest BCUT2D eigenvalue weighted by molar-refractivity contribution is 0.449. The molecule has 0 radical (unpaired) electrons. The van der Waals surface area contributed by atoms with Crippen molar-refractivity contribution in [3.63, 3.8) is 0 Å². The summed E-state index contributed by atoms with van der Waals surface area (Å²) in [7, 11) is 0.